The molecule has 6 nitrogen and oxygen atoms in total. The molecule has 154 valence electrons. The standard InChI is InChI=1S/C22H32N2O4/c1-12-8-21(2,3)10-22(4,9-12)11-24-19(27)15-6-13-14(7-16(15)20(24)28)18(26)23(5)17(13)25/h12-16H,6-11H2,1-5H3. The fraction of sp³-hybridized carbons (Fsp3) is 0.818. The first-order chi connectivity index (χ1) is 12.9. The number of rotatable bonds is 2. The molecule has 0 aromatic rings. The first kappa shape index (κ1) is 19.6. The number of carbonyl (C=O) groups excluding carboxylic acids is 4. The Hall–Kier alpha value is -1.72. The van der Waals surface area contributed by atoms with Gasteiger partial charge in [0.2, 0.25) is 23.6 Å². The van der Waals surface area contributed by atoms with Crippen LogP contribution in [-0.4, -0.2) is 47.0 Å². The van der Waals surface area contributed by atoms with E-state index in [1.807, 2.05) is 0 Å². The Labute approximate surface area is 167 Å². The van der Waals surface area contributed by atoms with Crippen LogP contribution in [0.4, 0.5) is 0 Å². The molecule has 6 heteroatoms. The first-order valence-corrected chi connectivity index (χ1v) is 10.6. The van der Waals surface area contributed by atoms with Gasteiger partial charge in [-0.2, -0.15) is 0 Å². The molecule has 0 spiro atoms. The van der Waals surface area contributed by atoms with Gasteiger partial charge in [-0.15, -0.1) is 0 Å². The molecule has 4 amide bonds. The number of fused-ring (bicyclic) bond motifs is 2. The quantitative estimate of drug-likeness (QED) is 0.681. The van der Waals surface area contributed by atoms with Crippen molar-refractivity contribution in [3.8, 4) is 0 Å². The second-order valence-corrected chi connectivity index (χ2v) is 11.1. The zero-order chi connectivity index (χ0) is 20.6. The predicted molar refractivity (Wildman–Crippen MR) is 103 cm³/mol. The molecule has 28 heavy (non-hydrogen) atoms. The van der Waals surface area contributed by atoms with Gasteiger partial charge in [0.15, 0.2) is 0 Å². The average Bonchev–Trinajstić information content (AvgIpc) is 2.92. The van der Waals surface area contributed by atoms with Crippen molar-refractivity contribution < 1.29 is 19.2 Å². The van der Waals surface area contributed by atoms with Crippen LogP contribution in [0, 0.1) is 40.4 Å². The van der Waals surface area contributed by atoms with E-state index in [0.717, 1.165) is 19.3 Å². The molecule has 2 aliphatic heterocycles. The van der Waals surface area contributed by atoms with Crippen molar-refractivity contribution in [2.45, 2.75) is 59.8 Å². The highest BCUT2D eigenvalue weighted by molar-refractivity contribution is 6.09. The summed E-state index contributed by atoms with van der Waals surface area (Å²) < 4.78 is 0. The van der Waals surface area contributed by atoms with Gasteiger partial charge >= 0.3 is 0 Å². The van der Waals surface area contributed by atoms with E-state index in [2.05, 4.69) is 27.7 Å². The molecule has 6 unspecified atom stereocenters. The van der Waals surface area contributed by atoms with Gasteiger partial charge in [0.25, 0.3) is 0 Å². The Morgan fingerprint density at radius 3 is 1.75 bits per heavy atom. The third-order valence-electron chi connectivity index (χ3n) is 7.64. The zero-order valence-electron chi connectivity index (χ0n) is 17.7. The van der Waals surface area contributed by atoms with Crippen molar-refractivity contribution in [3.63, 3.8) is 0 Å². The van der Waals surface area contributed by atoms with Gasteiger partial charge in [0, 0.05) is 13.6 Å². The molecule has 0 N–H and O–H groups in total. The highest BCUT2D eigenvalue weighted by Gasteiger charge is 2.59. The largest absolute Gasteiger partial charge is 0.285 e. The number of amides is 4. The minimum atomic E-state index is -0.436. The van der Waals surface area contributed by atoms with Crippen LogP contribution < -0.4 is 0 Å². The first-order valence-electron chi connectivity index (χ1n) is 10.6. The Balaban J connectivity index is 1.55. The second-order valence-electron chi connectivity index (χ2n) is 11.1. The van der Waals surface area contributed by atoms with Crippen LogP contribution in [0.1, 0.15) is 59.8 Å². The monoisotopic (exact) mass is 388 g/mol. The van der Waals surface area contributed by atoms with Crippen LogP contribution >= 0.6 is 0 Å². The maximum Gasteiger partial charge on any atom is 0.233 e. The summed E-state index contributed by atoms with van der Waals surface area (Å²) in [5.74, 6) is -1.80. The third kappa shape index (κ3) is 2.91. The molecule has 4 aliphatic rings. The number of imide groups is 2. The molecule has 2 saturated carbocycles. The van der Waals surface area contributed by atoms with Crippen molar-refractivity contribution in [2.24, 2.45) is 40.4 Å². The lowest BCUT2D eigenvalue weighted by molar-refractivity contribution is -0.143. The van der Waals surface area contributed by atoms with Gasteiger partial charge in [-0.3, -0.25) is 29.0 Å². The molecular formula is C22H32N2O4. The van der Waals surface area contributed by atoms with Crippen molar-refractivity contribution in [3.05, 3.63) is 0 Å². The normalized spacial score (nSPS) is 42.8. The Morgan fingerprint density at radius 2 is 1.29 bits per heavy atom. The van der Waals surface area contributed by atoms with Gasteiger partial charge in [0.1, 0.15) is 0 Å². The highest BCUT2D eigenvalue weighted by atomic mass is 16.2. The molecule has 0 bridgehead atoms. The number of nitrogens with zero attached hydrogens (tertiary/aromatic N) is 2. The fourth-order valence-corrected chi connectivity index (χ4v) is 7.23. The van der Waals surface area contributed by atoms with Crippen molar-refractivity contribution in [1.29, 1.82) is 0 Å². The molecule has 4 fully saturated rings. The predicted octanol–water partition coefficient (Wildman–Crippen LogP) is 2.46. The van der Waals surface area contributed by atoms with Gasteiger partial charge < -0.3 is 0 Å². The number of hydrogen-bond donors (Lipinski definition) is 0. The van der Waals surface area contributed by atoms with E-state index in [1.165, 1.54) is 16.8 Å². The van der Waals surface area contributed by atoms with Crippen molar-refractivity contribution in [1.82, 2.24) is 9.80 Å². The number of hydrogen-bond acceptors (Lipinski definition) is 4. The molecule has 2 saturated heterocycles. The zero-order valence-corrected chi connectivity index (χ0v) is 17.7. The lowest BCUT2D eigenvalue weighted by Gasteiger charge is -2.47. The molecular weight excluding hydrogens is 356 g/mol. The molecule has 4 rings (SSSR count). The van der Waals surface area contributed by atoms with E-state index in [0.29, 0.717) is 25.3 Å². The molecule has 0 aromatic heterocycles. The fourth-order valence-electron chi connectivity index (χ4n) is 7.23. The highest BCUT2D eigenvalue weighted by Crippen LogP contribution is 2.51. The summed E-state index contributed by atoms with van der Waals surface area (Å²) in [6, 6.07) is 0. The minimum Gasteiger partial charge on any atom is -0.285 e. The maximum absolute atomic E-state index is 13.2. The number of carbonyl (C=O) groups is 4. The van der Waals surface area contributed by atoms with Crippen LogP contribution in [0.15, 0.2) is 0 Å². The van der Waals surface area contributed by atoms with Gasteiger partial charge in [-0.25, -0.2) is 0 Å². The van der Waals surface area contributed by atoms with E-state index in [-0.39, 0.29) is 34.5 Å². The maximum atomic E-state index is 13.2. The summed E-state index contributed by atoms with van der Waals surface area (Å²) in [5, 5.41) is 0. The minimum absolute atomic E-state index is 0.0816. The van der Waals surface area contributed by atoms with E-state index < -0.39 is 23.7 Å². The van der Waals surface area contributed by atoms with E-state index >= 15 is 0 Å². The topological polar surface area (TPSA) is 74.8 Å². The third-order valence-corrected chi connectivity index (χ3v) is 7.64. The Kier molecular flexibility index (Phi) is 4.29. The summed E-state index contributed by atoms with van der Waals surface area (Å²) in [6.07, 6.45) is 3.84. The average molecular weight is 389 g/mol. The lowest BCUT2D eigenvalue weighted by atomic mass is 9.61. The summed E-state index contributed by atoms with van der Waals surface area (Å²) in [7, 11) is 1.50. The lowest BCUT2D eigenvalue weighted by Crippen LogP contribution is -2.45. The van der Waals surface area contributed by atoms with E-state index in [1.54, 1.807) is 0 Å². The van der Waals surface area contributed by atoms with Crippen LogP contribution in [0.5, 0.6) is 0 Å². The SMILES string of the molecule is CC1CC(C)(C)CC(C)(CN2C(=O)C3CC4C(=O)N(C)C(=O)C4CC3C2=O)C1. The van der Waals surface area contributed by atoms with Crippen LogP contribution in [0.25, 0.3) is 0 Å². The molecule has 6 atom stereocenters. The van der Waals surface area contributed by atoms with Gasteiger partial charge in [0.05, 0.1) is 23.7 Å². The number of likely N-dealkylation sites (tertiary alicyclic amines) is 2. The Morgan fingerprint density at radius 1 is 0.821 bits per heavy atom. The second kappa shape index (κ2) is 6.14. The van der Waals surface area contributed by atoms with E-state index in [9.17, 15) is 19.2 Å². The summed E-state index contributed by atoms with van der Waals surface area (Å²) >= 11 is 0. The van der Waals surface area contributed by atoms with E-state index in [4.69, 9.17) is 0 Å². The smallest absolute Gasteiger partial charge is 0.233 e. The van der Waals surface area contributed by atoms with Gasteiger partial charge in [-0.05, 0) is 48.9 Å². The Bertz CT molecular complexity index is 718. The van der Waals surface area contributed by atoms with Crippen LogP contribution in [-0.2, 0) is 19.2 Å². The molecule has 0 radical (unpaired) electrons. The van der Waals surface area contributed by atoms with Crippen molar-refractivity contribution in [2.75, 3.05) is 13.6 Å². The molecule has 0 aromatic carbocycles. The molecule has 2 heterocycles. The van der Waals surface area contributed by atoms with Crippen LogP contribution in [0.2, 0.25) is 0 Å². The van der Waals surface area contributed by atoms with Crippen LogP contribution in [0.3, 0.4) is 0 Å². The molecule has 2 aliphatic carbocycles. The summed E-state index contributed by atoms with van der Waals surface area (Å²) in [6.45, 7) is 9.44. The summed E-state index contributed by atoms with van der Waals surface area (Å²) in [4.78, 5) is 53.7. The van der Waals surface area contributed by atoms with Gasteiger partial charge in [-0.1, -0.05) is 27.7 Å². The summed E-state index contributed by atoms with van der Waals surface area (Å²) in [5.41, 5.74) is 0.118. The van der Waals surface area contributed by atoms with Crippen molar-refractivity contribution >= 4 is 23.6 Å².